The highest BCUT2D eigenvalue weighted by atomic mass is 79.9. The molecule has 0 aliphatic rings. The lowest BCUT2D eigenvalue weighted by molar-refractivity contribution is -0.122. The number of hydrogen-bond acceptors (Lipinski definition) is 6. The van der Waals surface area contributed by atoms with Crippen LogP contribution in [0.3, 0.4) is 0 Å². The van der Waals surface area contributed by atoms with Crippen molar-refractivity contribution in [3.8, 4) is 0 Å². The summed E-state index contributed by atoms with van der Waals surface area (Å²) in [7, 11) is 1.24. The van der Waals surface area contributed by atoms with E-state index in [1.54, 1.807) is 20.8 Å². The van der Waals surface area contributed by atoms with Crippen molar-refractivity contribution in [3.05, 3.63) is 40.9 Å². The van der Waals surface area contributed by atoms with Crippen molar-refractivity contribution in [3.63, 3.8) is 0 Å². The lowest BCUT2D eigenvalue weighted by atomic mass is 10.1. The summed E-state index contributed by atoms with van der Waals surface area (Å²) in [5, 5.41) is 7.44. The van der Waals surface area contributed by atoms with Gasteiger partial charge in [0.2, 0.25) is 5.91 Å². The molecule has 0 radical (unpaired) electrons. The fourth-order valence-corrected chi connectivity index (χ4v) is 2.82. The predicted octanol–water partition coefficient (Wildman–Crippen LogP) is 3.40. The molecule has 1 aromatic carbocycles. The number of anilines is 1. The molecule has 1 rings (SSSR count). The summed E-state index contributed by atoms with van der Waals surface area (Å²) in [6, 6.07) is 3.64. The molecule has 0 spiro atoms. The molecule has 0 aliphatic heterocycles. The fourth-order valence-electron chi connectivity index (χ4n) is 2.22. The Labute approximate surface area is 183 Å². The maximum Gasteiger partial charge on any atom is 0.411 e. The number of amides is 3. The molecule has 0 aliphatic carbocycles. The molecule has 3 N–H and O–H groups in total. The summed E-state index contributed by atoms with van der Waals surface area (Å²) < 4.78 is 10.1. The van der Waals surface area contributed by atoms with Gasteiger partial charge >= 0.3 is 12.2 Å². The number of alkyl carbamates (subject to hydrolysis) is 1. The maximum absolute atomic E-state index is 12.5. The summed E-state index contributed by atoms with van der Waals surface area (Å²) >= 11 is 3.27. The molecule has 1 atom stereocenters. The minimum atomic E-state index is -0.930. The van der Waals surface area contributed by atoms with Gasteiger partial charge in [-0.05, 0) is 61.3 Å². The summed E-state index contributed by atoms with van der Waals surface area (Å²) in [6.07, 6.45) is 0.260. The second kappa shape index (κ2) is 11.3. The number of nitrogens with one attached hydrogen (secondary N) is 3. The highest BCUT2D eigenvalue weighted by molar-refractivity contribution is 9.10. The van der Waals surface area contributed by atoms with E-state index in [0.717, 1.165) is 0 Å². The van der Waals surface area contributed by atoms with Gasteiger partial charge in [-0.1, -0.05) is 6.08 Å². The summed E-state index contributed by atoms with van der Waals surface area (Å²) in [6.45, 7) is 8.40. The molecule has 0 heterocycles. The Bertz CT molecular complexity index is 819. The van der Waals surface area contributed by atoms with Gasteiger partial charge in [0.05, 0.1) is 13.7 Å². The van der Waals surface area contributed by atoms with Crippen LogP contribution in [-0.4, -0.2) is 49.2 Å². The van der Waals surface area contributed by atoms with Crippen molar-refractivity contribution in [1.82, 2.24) is 10.6 Å². The smallest absolute Gasteiger partial charge is 0.411 e. The highest BCUT2D eigenvalue weighted by Gasteiger charge is 2.24. The van der Waals surface area contributed by atoms with Crippen molar-refractivity contribution in [2.45, 2.75) is 38.8 Å². The largest absolute Gasteiger partial charge is 0.453 e. The Balaban J connectivity index is 2.72. The molecule has 9 nitrogen and oxygen atoms in total. The van der Waals surface area contributed by atoms with Crippen LogP contribution in [0, 0.1) is 0 Å². The quantitative estimate of drug-likeness (QED) is 0.384. The molecule has 0 saturated carbocycles. The van der Waals surface area contributed by atoms with E-state index < -0.39 is 29.7 Å². The zero-order valence-electron chi connectivity index (χ0n) is 17.3. The van der Waals surface area contributed by atoms with E-state index in [4.69, 9.17) is 4.74 Å². The van der Waals surface area contributed by atoms with Crippen LogP contribution in [0.2, 0.25) is 0 Å². The van der Waals surface area contributed by atoms with Gasteiger partial charge in [0.25, 0.3) is 0 Å². The van der Waals surface area contributed by atoms with E-state index in [1.807, 2.05) is 0 Å². The number of halogens is 1. The molecule has 0 saturated heterocycles. The number of carbonyl (C=O) groups is 4. The number of ether oxygens (including phenoxy) is 2. The first-order valence-corrected chi connectivity index (χ1v) is 9.82. The van der Waals surface area contributed by atoms with Crippen LogP contribution in [0.5, 0.6) is 0 Å². The molecule has 164 valence electrons. The van der Waals surface area contributed by atoms with Crippen LogP contribution in [0.1, 0.15) is 37.6 Å². The first-order valence-electron chi connectivity index (χ1n) is 9.02. The Morgan fingerprint density at radius 2 is 1.87 bits per heavy atom. The van der Waals surface area contributed by atoms with Crippen LogP contribution < -0.4 is 16.0 Å². The second-order valence-electron chi connectivity index (χ2n) is 7.18. The fraction of sp³-hybridized carbons (Fsp3) is 0.400. The lowest BCUT2D eigenvalue weighted by Crippen LogP contribution is -2.48. The first-order chi connectivity index (χ1) is 14.0. The van der Waals surface area contributed by atoms with Gasteiger partial charge in [-0.25, -0.2) is 9.59 Å². The molecule has 30 heavy (non-hydrogen) atoms. The summed E-state index contributed by atoms with van der Waals surface area (Å²) in [4.78, 5) is 48.0. The number of hydrogen-bond donors (Lipinski definition) is 3. The average molecular weight is 484 g/mol. The molecule has 10 heteroatoms. The number of methoxy groups -OCH3 is 1. The van der Waals surface area contributed by atoms with Crippen molar-refractivity contribution in [2.75, 3.05) is 19.0 Å². The van der Waals surface area contributed by atoms with E-state index >= 15 is 0 Å². The van der Waals surface area contributed by atoms with Crippen LogP contribution in [0.4, 0.5) is 15.3 Å². The topological polar surface area (TPSA) is 123 Å². The van der Waals surface area contributed by atoms with Gasteiger partial charge < -0.3 is 20.1 Å². The van der Waals surface area contributed by atoms with Crippen LogP contribution >= 0.6 is 15.9 Å². The Kier molecular flexibility index (Phi) is 9.51. The van der Waals surface area contributed by atoms with Crippen LogP contribution in [-0.2, 0) is 14.3 Å². The van der Waals surface area contributed by atoms with E-state index in [-0.39, 0.29) is 18.7 Å². The Morgan fingerprint density at radius 3 is 2.40 bits per heavy atom. The lowest BCUT2D eigenvalue weighted by Gasteiger charge is -2.22. The second-order valence-corrected chi connectivity index (χ2v) is 8.03. The van der Waals surface area contributed by atoms with Gasteiger partial charge in [0, 0.05) is 15.7 Å². The van der Waals surface area contributed by atoms with Crippen LogP contribution in [0.25, 0.3) is 0 Å². The standard InChI is InChI=1S/C20H26BrN3O6/c1-6-7-15(24-19(28)30-20(2,3)4)17(26)22-11-16(25)13-9-8-12(10-14(13)21)23-18(27)29-5/h6,8-10,15H,1,7,11H2,2-5H3,(H,22,26)(H,23,27)(H,24,28)/t15-/m0/s1. The number of Topliss-reactive ketones (excluding diaryl/α,β-unsaturated/α-hetero) is 1. The van der Waals surface area contributed by atoms with E-state index in [1.165, 1.54) is 31.4 Å². The minimum absolute atomic E-state index is 0.164. The van der Waals surface area contributed by atoms with Gasteiger partial charge in [-0.3, -0.25) is 14.9 Å². The first kappa shape index (κ1) is 25.2. The molecule has 3 amide bonds. The third kappa shape index (κ3) is 8.64. The number of carbonyl (C=O) groups excluding carboxylic acids is 4. The zero-order chi connectivity index (χ0) is 22.9. The van der Waals surface area contributed by atoms with Gasteiger partial charge in [-0.2, -0.15) is 0 Å². The number of rotatable bonds is 8. The predicted molar refractivity (Wildman–Crippen MR) is 115 cm³/mol. The van der Waals surface area contributed by atoms with Crippen molar-refractivity contribution in [2.24, 2.45) is 0 Å². The summed E-state index contributed by atoms with van der Waals surface area (Å²) in [5.74, 6) is -0.913. The third-order valence-electron chi connectivity index (χ3n) is 3.53. The molecule has 1 aromatic rings. The minimum Gasteiger partial charge on any atom is -0.453 e. The van der Waals surface area contributed by atoms with Gasteiger partial charge in [0.15, 0.2) is 5.78 Å². The average Bonchev–Trinajstić information content (AvgIpc) is 2.64. The monoisotopic (exact) mass is 483 g/mol. The molecular weight excluding hydrogens is 458 g/mol. The number of ketones is 1. The van der Waals surface area contributed by atoms with Crippen LogP contribution in [0.15, 0.2) is 35.3 Å². The van der Waals surface area contributed by atoms with E-state index in [2.05, 4.69) is 43.2 Å². The van der Waals surface area contributed by atoms with Gasteiger partial charge in [-0.15, -0.1) is 6.58 Å². The Morgan fingerprint density at radius 1 is 1.20 bits per heavy atom. The third-order valence-corrected chi connectivity index (χ3v) is 4.19. The van der Waals surface area contributed by atoms with Crippen molar-refractivity contribution in [1.29, 1.82) is 0 Å². The molecule has 0 fully saturated rings. The maximum atomic E-state index is 12.5. The van der Waals surface area contributed by atoms with E-state index in [9.17, 15) is 19.2 Å². The summed E-state index contributed by atoms with van der Waals surface area (Å²) in [5.41, 5.74) is 0.0316. The van der Waals surface area contributed by atoms with Crippen molar-refractivity contribution < 1.29 is 28.7 Å². The normalized spacial score (nSPS) is 11.6. The SMILES string of the molecule is C=CC[C@H](NC(=O)OC(C)(C)C)C(=O)NCC(=O)c1ccc(NC(=O)OC)cc1Br. The molecule has 0 bridgehead atoms. The molecule has 0 aromatic heterocycles. The zero-order valence-corrected chi connectivity index (χ0v) is 18.9. The number of benzene rings is 1. The Hall–Kier alpha value is -2.88. The van der Waals surface area contributed by atoms with Gasteiger partial charge in [0.1, 0.15) is 11.6 Å². The highest BCUT2D eigenvalue weighted by Crippen LogP contribution is 2.22. The van der Waals surface area contributed by atoms with Crippen molar-refractivity contribution >= 4 is 45.5 Å². The van der Waals surface area contributed by atoms with E-state index in [0.29, 0.717) is 15.7 Å². The molecular formula is C20H26BrN3O6. The molecule has 0 unspecified atom stereocenters.